The molecule has 4 heteroatoms. The lowest BCUT2D eigenvalue weighted by Gasteiger charge is -2.31. The number of nitrogens with zero attached hydrogens (tertiary/aromatic N) is 3. The van der Waals surface area contributed by atoms with Crippen LogP contribution in [0.4, 0.5) is 0 Å². The van der Waals surface area contributed by atoms with Crippen LogP contribution in [0.2, 0.25) is 0 Å². The van der Waals surface area contributed by atoms with Crippen molar-refractivity contribution in [2.45, 2.75) is 58.8 Å². The Bertz CT molecular complexity index is 386. The van der Waals surface area contributed by atoms with E-state index in [1.54, 1.807) is 0 Å². The number of piperidine rings is 1. The van der Waals surface area contributed by atoms with Crippen LogP contribution in [0.15, 0.2) is 4.99 Å². The van der Waals surface area contributed by atoms with Crippen molar-refractivity contribution in [2.24, 2.45) is 22.7 Å². The van der Waals surface area contributed by atoms with Gasteiger partial charge in [-0.1, -0.05) is 19.8 Å². The zero-order chi connectivity index (χ0) is 16.8. The summed E-state index contributed by atoms with van der Waals surface area (Å²) in [6, 6.07) is 0. The molecule has 3 rings (SSSR count). The van der Waals surface area contributed by atoms with Crippen molar-refractivity contribution in [2.75, 3.05) is 45.8 Å². The number of aliphatic imine (C=N–C) groups is 1. The minimum absolute atomic E-state index is 0.789. The third-order valence-corrected chi connectivity index (χ3v) is 6.36. The maximum atomic E-state index is 5.06. The Balaban J connectivity index is 1.51. The van der Waals surface area contributed by atoms with Crippen molar-refractivity contribution in [1.29, 1.82) is 0 Å². The van der Waals surface area contributed by atoms with Gasteiger partial charge in [0.05, 0.1) is 0 Å². The van der Waals surface area contributed by atoms with Crippen molar-refractivity contribution in [3.8, 4) is 0 Å². The third kappa shape index (κ3) is 4.65. The first-order valence-electron chi connectivity index (χ1n) is 10.6. The first-order valence-corrected chi connectivity index (χ1v) is 10.6. The van der Waals surface area contributed by atoms with Crippen LogP contribution in [0, 0.1) is 17.8 Å². The highest BCUT2D eigenvalue weighted by molar-refractivity contribution is 5.80. The highest BCUT2D eigenvalue weighted by Gasteiger charge is 2.35. The van der Waals surface area contributed by atoms with E-state index in [-0.39, 0.29) is 0 Å². The van der Waals surface area contributed by atoms with E-state index >= 15 is 0 Å². The molecular weight excluding hydrogens is 296 g/mol. The molecule has 1 N–H and O–H groups in total. The number of nitrogens with one attached hydrogen (secondary N) is 1. The molecule has 3 aliphatic rings. The van der Waals surface area contributed by atoms with Crippen molar-refractivity contribution in [3.05, 3.63) is 0 Å². The van der Waals surface area contributed by atoms with Gasteiger partial charge in [0, 0.05) is 26.2 Å². The van der Waals surface area contributed by atoms with Gasteiger partial charge in [-0.3, -0.25) is 4.99 Å². The van der Waals surface area contributed by atoms with Gasteiger partial charge in [-0.15, -0.1) is 0 Å². The molecule has 4 nitrogen and oxygen atoms in total. The van der Waals surface area contributed by atoms with E-state index in [0.717, 1.165) is 30.8 Å². The number of fused-ring (bicyclic) bond motifs is 1. The third-order valence-electron chi connectivity index (χ3n) is 6.36. The SMILES string of the molecule is CCCN1CCC(CN=C(NCC)N2CC3CCCCC3C2)CC1. The highest BCUT2D eigenvalue weighted by atomic mass is 15.3. The Labute approximate surface area is 149 Å². The molecule has 0 aromatic heterocycles. The van der Waals surface area contributed by atoms with Gasteiger partial charge in [-0.2, -0.15) is 0 Å². The van der Waals surface area contributed by atoms with E-state index in [4.69, 9.17) is 4.99 Å². The molecule has 2 heterocycles. The van der Waals surface area contributed by atoms with Crippen molar-refractivity contribution in [3.63, 3.8) is 0 Å². The second-order valence-electron chi connectivity index (χ2n) is 8.19. The lowest BCUT2D eigenvalue weighted by Crippen LogP contribution is -2.41. The molecule has 2 atom stereocenters. The van der Waals surface area contributed by atoms with Gasteiger partial charge in [0.2, 0.25) is 0 Å². The molecule has 3 fully saturated rings. The van der Waals surface area contributed by atoms with Crippen LogP contribution in [0.5, 0.6) is 0 Å². The van der Waals surface area contributed by atoms with E-state index in [2.05, 4.69) is 29.0 Å². The van der Waals surface area contributed by atoms with Gasteiger partial charge < -0.3 is 15.1 Å². The second kappa shape index (κ2) is 9.07. The van der Waals surface area contributed by atoms with Crippen LogP contribution in [-0.4, -0.2) is 61.6 Å². The van der Waals surface area contributed by atoms with Gasteiger partial charge in [-0.25, -0.2) is 0 Å². The number of hydrogen-bond acceptors (Lipinski definition) is 2. The molecule has 1 aliphatic carbocycles. The fourth-order valence-corrected chi connectivity index (χ4v) is 4.93. The maximum absolute atomic E-state index is 5.06. The average Bonchev–Trinajstić information content (AvgIpc) is 3.04. The van der Waals surface area contributed by atoms with E-state index in [1.807, 2.05) is 0 Å². The topological polar surface area (TPSA) is 30.9 Å². The van der Waals surface area contributed by atoms with E-state index in [0.29, 0.717) is 0 Å². The molecule has 2 saturated heterocycles. The maximum Gasteiger partial charge on any atom is 0.193 e. The van der Waals surface area contributed by atoms with Crippen molar-refractivity contribution < 1.29 is 0 Å². The molecule has 2 aliphatic heterocycles. The first kappa shape index (κ1) is 18.0. The largest absolute Gasteiger partial charge is 0.357 e. The van der Waals surface area contributed by atoms with Gasteiger partial charge in [0.25, 0.3) is 0 Å². The normalized spacial score (nSPS) is 29.8. The predicted octanol–water partition coefficient (Wildman–Crippen LogP) is 3.20. The Hall–Kier alpha value is -0.770. The molecule has 2 unspecified atom stereocenters. The summed E-state index contributed by atoms with van der Waals surface area (Å²) in [4.78, 5) is 10.2. The van der Waals surface area contributed by atoms with Gasteiger partial charge in [-0.05, 0) is 76.4 Å². The Morgan fingerprint density at radius 1 is 1.00 bits per heavy atom. The highest BCUT2D eigenvalue weighted by Crippen LogP contribution is 2.36. The molecule has 0 aromatic carbocycles. The van der Waals surface area contributed by atoms with Crippen LogP contribution < -0.4 is 5.32 Å². The summed E-state index contributed by atoms with van der Waals surface area (Å²) in [6.07, 6.45) is 9.71. The molecule has 0 radical (unpaired) electrons. The van der Waals surface area contributed by atoms with Crippen LogP contribution in [0.1, 0.15) is 58.8 Å². The molecule has 138 valence electrons. The quantitative estimate of drug-likeness (QED) is 0.619. The summed E-state index contributed by atoms with van der Waals surface area (Å²) in [5, 5.41) is 3.57. The fraction of sp³-hybridized carbons (Fsp3) is 0.950. The summed E-state index contributed by atoms with van der Waals surface area (Å²) in [5.41, 5.74) is 0. The summed E-state index contributed by atoms with van der Waals surface area (Å²) >= 11 is 0. The van der Waals surface area contributed by atoms with E-state index in [9.17, 15) is 0 Å². The summed E-state index contributed by atoms with van der Waals surface area (Å²) in [5.74, 6) is 3.85. The van der Waals surface area contributed by atoms with Gasteiger partial charge in [0.15, 0.2) is 5.96 Å². The zero-order valence-electron chi connectivity index (χ0n) is 16.0. The molecule has 0 amide bonds. The first-order chi connectivity index (χ1) is 11.8. The van der Waals surface area contributed by atoms with Gasteiger partial charge in [0.1, 0.15) is 0 Å². The zero-order valence-corrected chi connectivity index (χ0v) is 16.0. The van der Waals surface area contributed by atoms with Crippen LogP contribution in [0.3, 0.4) is 0 Å². The van der Waals surface area contributed by atoms with Gasteiger partial charge >= 0.3 is 0 Å². The lowest BCUT2D eigenvalue weighted by atomic mass is 9.82. The van der Waals surface area contributed by atoms with Crippen molar-refractivity contribution >= 4 is 5.96 Å². The Kier molecular flexibility index (Phi) is 6.82. The second-order valence-corrected chi connectivity index (χ2v) is 8.19. The summed E-state index contributed by atoms with van der Waals surface area (Å²) in [7, 11) is 0. The Morgan fingerprint density at radius 2 is 1.67 bits per heavy atom. The number of likely N-dealkylation sites (tertiary alicyclic amines) is 2. The minimum Gasteiger partial charge on any atom is -0.357 e. The monoisotopic (exact) mass is 334 g/mol. The molecule has 0 bridgehead atoms. The van der Waals surface area contributed by atoms with E-state index < -0.39 is 0 Å². The Morgan fingerprint density at radius 3 is 2.25 bits per heavy atom. The molecule has 0 aromatic rings. The van der Waals surface area contributed by atoms with Crippen LogP contribution in [-0.2, 0) is 0 Å². The number of hydrogen-bond donors (Lipinski definition) is 1. The molecule has 1 saturated carbocycles. The number of guanidine groups is 1. The predicted molar refractivity (Wildman–Crippen MR) is 102 cm³/mol. The lowest BCUT2D eigenvalue weighted by molar-refractivity contribution is 0.188. The number of rotatable bonds is 5. The van der Waals surface area contributed by atoms with Crippen LogP contribution in [0.25, 0.3) is 0 Å². The molecule has 0 spiro atoms. The minimum atomic E-state index is 0.789. The summed E-state index contributed by atoms with van der Waals surface area (Å²) < 4.78 is 0. The fourth-order valence-electron chi connectivity index (χ4n) is 4.93. The molecular formula is C20H38N4. The molecule has 24 heavy (non-hydrogen) atoms. The summed E-state index contributed by atoms with van der Waals surface area (Å²) in [6.45, 7) is 12.8. The average molecular weight is 335 g/mol. The standard InChI is InChI=1S/C20H38N4/c1-3-11-23-12-9-17(10-13-23)14-22-20(21-4-2)24-15-18-7-5-6-8-19(18)16-24/h17-19H,3-16H2,1-2H3,(H,21,22). The van der Waals surface area contributed by atoms with E-state index in [1.165, 1.54) is 83.6 Å². The van der Waals surface area contributed by atoms with Crippen molar-refractivity contribution in [1.82, 2.24) is 15.1 Å². The smallest absolute Gasteiger partial charge is 0.193 e. The van der Waals surface area contributed by atoms with Crippen LogP contribution >= 0.6 is 0 Å².